The summed E-state index contributed by atoms with van der Waals surface area (Å²) in [5, 5.41) is 0. The summed E-state index contributed by atoms with van der Waals surface area (Å²) in [6.45, 7) is 0.341. The molecule has 1 unspecified atom stereocenters. The van der Waals surface area contributed by atoms with E-state index in [0.717, 1.165) is 5.76 Å². The molecule has 14 heavy (non-hydrogen) atoms. The standard InChI is InChI=1S/C10H14O4/c1-12-7-8(10(11)13-2)6-9-4-3-5-14-9/h3-5,8H,6-7H2,1-2H3. The Morgan fingerprint density at radius 1 is 1.57 bits per heavy atom. The highest BCUT2D eigenvalue weighted by molar-refractivity contribution is 5.72. The van der Waals surface area contributed by atoms with Gasteiger partial charge in [0.25, 0.3) is 0 Å². The first-order valence-corrected chi connectivity index (χ1v) is 4.37. The zero-order valence-electron chi connectivity index (χ0n) is 8.36. The van der Waals surface area contributed by atoms with E-state index in [2.05, 4.69) is 4.74 Å². The minimum atomic E-state index is -0.295. The molecule has 0 aliphatic heterocycles. The highest BCUT2D eigenvalue weighted by Crippen LogP contribution is 2.11. The number of carbonyl (C=O) groups is 1. The number of furan rings is 1. The summed E-state index contributed by atoms with van der Waals surface area (Å²) in [6.07, 6.45) is 2.09. The van der Waals surface area contributed by atoms with Crippen molar-refractivity contribution in [3.63, 3.8) is 0 Å². The number of rotatable bonds is 5. The normalized spacial score (nSPS) is 12.4. The minimum Gasteiger partial charge on any atom is -0.469 e. The van der Waals surface area contributed by atoms with E-state index in [0.29, 0.717) is 13.0 Å². The number of carbonyl (C=O) groups excluding carboxylic acids is 1. The van der Waals surface area contributed by atoms with E-state index in [9.17, 15) is 4.79 Å². The molecule has 0 saturated carbocycles. The van der Waals surface area contributed by atoms with E-state index in [4.69, 9.17) is 9.15 Å². The van der Waals surface area contributed by atoms with E-state index in [1.807, 2.05) is 6.07 Å². The van der Waals surface area contributed by atoms with Gasteiger partial charge in [0.15, 0.2) is 0 Å². The van der Waals surface area contributed by atoms with Crippen molar-refractivity contribution in [2.45, 2.75) is 6.42 Å². The SMILES string of the molecule is COCC(Cc1ccco1)C(=O)OC. The van der Waals surface area contributed by atoms with E-state index in [1.54, 1.807) is 19.4 Å². The Hall–Kier alpha value is -1.29. The second-order valence-corrected chi connectivity index (χ2v) is 2.96. The molecular formula is C10H14O4. The van der Waals surface area contributed by atoms with E-state index in [1.165, 1.54) is 7.11 Å². The van der Waals surface area contributed by atoms with Crippen LogP contribution in [0.25, 0.3) is 0 Å². The summed E-state index contributed by atoms with van der Waals surface area (Å²) < 4.78 is 14.7. The molecule has 1 heterocycles. The Labute approximate surface area is 82.8 Å². The average Bonchev–Trinajstić information content (AvgIpc) is 2.68. The van der Waals surface area contributed by atoms with Crippen LogP contribution >= 0.6 is 0 Å². The second kappa shape index (κ2) is 5.44. The van der Waals surface area contributed by atoms with Gasteiger partial charge in [-0.3, -0.25) is 4.79 Å². The molecule has 0 fully saturated rings. The van der Waals surface area contributed by atoms with Gasteiger partial charge in [-0.15, -0.1) is 0 Å². The van der Waals surface area contributed by atoms with Crippen molar-refractivity contribution in [3.8, 4) is 0 Å². The quantitative estimate of drug-likeness (QED) is 0.668. The smallest absolute Gasteiger partial charge is 0.311 e. The third-order valence-electron chi connectivity index (χ3n) is 1.93. The van der Waals surface area contributed by atoms with Gasteiger partial charge in [-0.05, 0) is 12.1 Å². The molecule has 0 N–H and O–H groups in total. The summed E-state index contributed by atoms with van der Waals surface area (Å²) in [5.74, 6) is 0.192. The van der Waals surface area contributed by atoms with Crippen molar-refractivity contribution in [1.29, 1.82) is 0 Å². The fourth-order valence-electron chi connectivity index (χ4n) is 1.25. The average molecular weight is 198 g/mol. The molecule has 1 aromatic heterocycles. The van der Waals surface area contributed by atoms with Gasteiger partial charge in [-0.2, -0.15) is 0 Å². The molecular weight excluding hydrogens is 184 g/mol. The lowest BCUT2D eigenvalue weighted by Crippen LogP contribution is -2.23. The van der Waals surface area contributed by atoms with E-state index < -0.39 is 0 Å². The summed E-state index contributed by atoms with van der Waals surface area (Å²) in [5.41, 5.74) is 0. The number of ether oxygens (including phenoxy) is 2. The Bertz CT molecular complexity index is 266. The number of methoxy groups -OCH3 is 2. The number of esters is 1. The second-order valence-electron chi connectivity index (χ2n) is 2.96. The maximum atomic E-state index is 11.3. The van der Waals surface area contributed by atoms with Crippen LogP contribution in [0.2, 0.25) is 0 Å². The first-order chi connectivity index (χ1) is 6.77. The highest BCUT2D eigenvalue weighted by atomic mass is 16.5. The van der Waals surface area contributed by atoms with Gasteiger partial charge in [-0.25, -0.2) is 0 Å². The lowest BCUT2D eigenvalue weighted by atomic mass is 10.1. The molecule has 1 atom stereocenters. The molecule has 0 bridgehead atoms. The molecule has 0 amide bonds. The summed E-state index contributed by atoms with van der Waals surface area (Å²) in [7, 11) is 2.92. The Kier molecular flexibility index (Phi) is 4.19. The molecule has 1 aromatic rings. The van der Waals surface area contributed by atoms with Crippen LogP contribution < -0.4 is 0 Å². The maximum absolute atomic E-state index is 11.3. The van der Waals surface area contributed by atoms with Crippen molar-refractivity contribution in [3.05, 3.63) is 24.2 Å². The van der Waals surface area contributed by atoms with Crippen LogP contribution in [0.5, 0.6) is 0 Å². The van der Waals surface area contributed by atoms with Crippen LogP contribution in [-0.2, 0) is 20.7 Å². The van der Waals surface area contributed by atoms with Gasteiger partial charge >= 0.3 is 5.97 Å². The van der Waals surface area contributed by atoms with Crippen LogP contribution in [0.3, 0.4) is 0 Å². The molecule has 0 spiro atoms. The minimum absolute atomic E-state index is 0.275. The molecule has 4 nitrogen and oxygen atoms in total. The van der Waals surface area contributed by atoms with Crippen LogP contribution in [-0.4, -0.2) is 26.8 Å². The third kappa shape index (κ3) is 2.88. The van der Waals surface area contributed by atoms with E-state index >= 15 is 0 Å². The molecule has 78 valence electrons. The Balaban J connectivity index is 2.55. The van der Waals surface area contributed by atoms with Crippen molar-refractivity contribution in [2.24, 2.45) is 5.92 Å². The summed E-state index contributed by atoms with van der Waals surface area (Å²) >= 11 is 0. The zero-order chi connectivity index (χ0) is 10.4. The van der Waals surface area contributed by atoms with Gasteiger partial charge < -0.3 is 13.9 Å². The Morgan fingerprint density at radius 2 is 2.36 bits per heavy atom. The van der Waals surface area contributed by atoms with Crippen molar-refractivity contribution >= 4 is 5.97 Å². The van der Waals surface area contributed by atoms with Crippen LogP contribution in [0.4, 0.5) is 0 Å². The fourth-order valence-corrected chi connectivity index (χ4v) is 1.25. The first-order valence-electron chi connectivity index (χ1n) is 4.37. The highest BCUT2D eigenvalue weighted by Gasteiger charge is 2.20. The van der Waals surface area contributed by atoms with Crippen molar-refractivity contribution in [1.82, 2.24) is 0 Å². The van der Waals surface area contributed by atoms with Crippen LogP contribution in [0.15, 0.2) is 22.8 Å². The van der Waals surface area contributed by atoms with Gasteiger partial charge in [0.2, 0.25) is 0 Å². The third-order valence-corrected chi connectivity index (χ3v) is 1.93. The molecule has 0 radical (unpaired) electrons. The van der Waals surface area contributed by atoms with Crippen LogP contribution in [0.1, 0.15) is 5.76 Å². The van der Waals surface area contributed by atoms with Gasteiger partial charge in [-0.1, -0.05) is 0 Å². The summed E-state index contributed by atoms with van der Waals surface area (Å²) in [4.78, 5) is 11.3. The van der Waals surface area contributed by atoms with E-state index in [-0.39, 0.29) is 11.9 Å². The largest absolute Gasteiger partial charge is 0.469 e. The molecule has 0 saturated heterocycles. The maximum Gasteiger partial charge on any atom is 0.311 e. The first kappa shape index (κ1) is 10.8. The summed E-state index contributed by atoms with van der Waals surface area (Å²) in [6, 6.07) is 3.61. The molecule has 1 rings (SSSR count). The predicted molar refractivity (Wildman–Crippen MR) is 49.8 cm³/mol. The van der Waals surface area contributed by atoms with Gasteiger partial charge in [0.05, 0.1) is 25.9 Å². The predicted octanol–water partition coefficient (Wildman–Crippen LogP) is 1.26. The van der Waals surface area contributed by atoms with Crippen molar-refractivity contribution < 1.29 is 18.7 Å². The molecule has 4 heteroatoms. The molecule has 0 aromatic carbocycles. The van der Waals surface area contributed by atoms with Crippen LogP contribution in [0, 0.1) is 5.92 Å². The lowest BCUT2D eigenvalue weighted by Gasteiger charge is -2.11. The van der Waals surface area contributed by atoms with Gasteiger partial charge in [0.1, 0.15) is 5.76 Å². The number of hydrogen-bond acceptors (Lipinski definition) is 4. The molecule has 0 aliphatic rings. The van der Waals surface area contributed by atoms with Crippen molar-refractivity contribution in [2.75, 3.05) is 20.8 Å². The number of hydrogen-bond donors (Lipinski definition) is 0. The Morgan fingerprint density at radius 3 is 2.86 bits per heavy atom. The lowest BCUT2D eigenvalue weighted by molar-refractivity contribution is -0.147. The zero-order valence-corrected chi connectivity index (χ0v) is 8.36. The monoisotopic (exact) mass is 198 g/mol. The fraction of sp³-hybridized carbons (Fsp3) is 0.500. The van der Waals surface area contributed by atoms with Gasteiger partial charge in [0, 0.05) is 13.5 Å². The molecule has 0 aliphatic carbocycles. The topological polar surface area (TPSA) is 48.7 Å².